The van der Waals surface area contributed by atoms with Gasteiger partial charge in [-0.1, -0.05) is 18.2 Å². The lowest BCUT2D eigenvalue weighted by Gasteiger charge is -2.07. The van der Waals surface area contributed by atoms with E-state index in [2.05, 4.69) is 15.5 Å². The Bertz CT molecular complexity index is 1030. The molecule has 0 saturated heterocycles. The maximum atomic E-state index is 12.3. The minimum Gasteiger partial charge on any atom is -0.510 e. The molecule has 0 aliphatic carbocycles. The number of phenols is 1. The predicted octanol–water partition coefficient (Wildman–Crippen LogP) is 3.46. The number of nitrogens with one attached hydrogen (secondary N) is 1. The second-order valence-electron chi connectivity index (χ2n) is 5.56. The number of amides is 1. The van der Waals surface area contributed by atoms with Crippen molar-refractivity contribution < 1.29 is 28.0 Å². The standard InChI is InChI=1S/C17H17N3O6S/c1-10-8-13(16(22)14(9-10)27(24,25)26)19-20-15(11(2)21)17(23)18-12-6-4-3-5-7-12/h3-9,21-22H,1-2H3,(H,18,23)(H,24,25,26)/b15-11-,20-19+. The molecule has 0 aliphatic rings. The second kappa shape index (κ2) is 7.98. The van der Waals surface area contributed by atoms with Gasteiger partial charge in [0.1, 0.15) is 16.3 Å². The summed E-state index contributed by atoms with van der Waals surface area (Å²) in [5, 5.41) is 29.5. The summed E-state index contributed by atoms with van der Waals surface area (Å²) in [4.78, 5) is 11.5. The fourth-order valence-electron chi connectivity index (χ4n) is 2.10. The van der Waals surface area contributed by atoms with Gasteiger partial charge in [0.05, 0.1) is 0 Å². The van der Waals surface area contributed by atoms with Crippen molar-refractivity contribution in [3.05, 3.63) is 59.5 Å². The van der Waals surface area contributed by atoms with E-state index in [1.54, 1.807) is 30.3 Å². The van der Waals surface area contributed by atoms with Crippen LogP contribution in [0.3, 0.4) is 0 Å². The second-order valence-corrected chi connectivity index (χ2v) is 6.95. The number of aromatic hydroxyl groups is 1. The molecule has 10 heteroatoms. The first-order valence-corrected chi connectivity index (χ1v) is 9.02. The van der Waals surface area contributed by atoms with Crippen LogP contribution >= 0.6 is 0 Å². The number of aliphatic hydroxyl groups excluding tert-OH is 1. The summed E-state index contributed by atoms with van der Waals surface area (Å²) in [5.74, 6) is -2.02. The molecule has 27 heavy (non-hydrogen) atoms. The first-order valence-electron chi connectivity index (χ1n) is 7.58. The number of anilines is 1. The third-order valence-corrected chi connectivity index (χ3v) is 4.19. The van der Waals surface area contributed by atoms with E-state index in [9.17, 15) is 23.4 Å². The molecular weight excluding hydrogens is 374 g/mol. The Balaban J connectivity index is 2.38. The number of phenolic OH excluding ortho intramolecular Hbond substituents is 1. The van der Waals surface area contributed by atoms with E-state index < -0.39 is 38.1 Å². The van der Waals surface area contributed by atoms with E-state index in [-0.39, 0.29) is 5.69 Å². The van der Waals surface area contributed by atoms with Gasteiger partial charge in [-0.25, -0.2) is 0 Å². The monoisotopic (exact) mass is 391 g/mol. The highest BCUT2D eigenvalue weighted by atomic mass is 32.2. The molecular formula is C17H17N3O6S. The van der Waals surface area contributed by atoms with Crippen LogP contribution in [0.5, 0.6) is 5.75 Å². The van der Waals surface area contributed by atoms with Crippen molar-refractivity contribution >= 4 is 27.4 Å². The fourth-order valence-corrected chi connectivity index (χ4v) is 2.78. The lowest BCUT2D eigenvalue weighted by molar-refractivity contribution is -0.113. The van der Waals surface area contributed by atoms with E-state index >= 15 is 0 Å². The quantitative estimate of drug-likeness (QED) is 0.265. The van der Waals surface area contributed by atoms with Crippen LogP contribution in [0.15, 0.2) is 69.0 Å². The third-order valence-electron chi connectivity index (χ3n) is 3.32. The highest BCUT2D eigenvalue weighted by Crippen LogP contribution is 2.35. The van der Waals surface area contributed by atoms with Gasteiger partial charge >= 0.3 is 0 Å². The highest BCUT2D eigenvalue weighted by molar-refractivity contribution is 7.86. The molecule has 0 bridgehead atoms. The van der Waals surface area contributed by atoms with Crippen molar-refractivity contribution in [2.45, 2.75) is 18.7 Å². The van der Waals surface area contributed by atoms with Crippen molar-refractivity contribution in [2.75, 3.05) is 5.32 Å². The Morgan fingerprint density at radius 3 is 2.33 bits per heavy atom. The molecule has 0 radical (unpaired) electrons. The molecule has 2 aromatic rings. The summed E-state index contributed by atoms with van der Waals surface area (Å²) in [6, 6.07) is 10.8. The first-order chi connectivity index (χ1) is 12.6. The minimum absolute atomic E-state index is 0.297. The Labute approximate surface area is 155 Å². The van der Waals surface area contributed by atoms with Crippen LogP contribution < -0.4 is 5.32 Å². The number of carbonyl (C=O) groups excluding carboxylic acids is 1. The molecule has 0 atom stereocenters. The first kappa shape index (κ1) is 20.1. The smallest absolute Gasteiger partial charge is 0.298 e. The fraction of sp³-hybridized carbons (Fsp3) is 0.118. The Morgan fingerprint density at radius 1 is 1.15 bits per heavy atom. The predicted molar refractivity (Wildman–Crippen MR) is 97.6 cm³/mol. The number of benzene rings is 2. The molecule has 2 aromatic carbocycles. The van der Waals surface area contributed by atoms with E-state index in [0.717, 1.165) is 6.07 Å². The molecule has 2 rings (SSSR count). The minimum atomic E-state index is -4.68. The number of hydrogen-bond acceptors (Lipinski definition) is 7. The van der Waals surface area contributed by atoms with Gasteiger partial charge in [-0.05, 0) is 43.7 Å². The van der Waals surface area contributed by atoms with Crippen molar-refractivity contribution in [3.63, 3.8) is 0 Å². The number of nitrogens with zero attached hydrogens (tertiary/aromatic N) is 2. The zero-order valence-corrected chi connectivity index (χ0v) is 15.2. The summed E-state index contributed by atoms with van der Waals surface area (Å²) in [6.45, 7) is 2.74. The lowest BCUT2D eigenvalue weighted by Crippen LogP contribution is -2.14. The van der Waals surface area contributed by atoms with Gasteiger partial charge in [0.2, 0.25) is 0 Å². The van der Waals surface area contributed by atoms with E-state index in [1.807, 2.05) is 0 Å². The summed E-state index contributed by atoms with van der Waals surface area (Å²) in [7, 11) is -4.68. The third kappa shape index (κ3) is 5.12. The number of hydrogen-bond donors (Lipinski definition) is 4. The number of aryl methyl sites for hydroxylation is 1. The van der Waals surface area contributed by atoms with Gasteiger partial charge in [-0.2, -0.15) is 8.42 Å². The molecule has 0 saturated carbocycles. The van der Waals surface area contributed by atoms with Crippen LogP contribution in [0, 0.1) is 6.92 Å². The molecule has 9 nitrogen and oxygen atoms in total. The van der Waals surface area contributed by atoms with Crippen LogP contribution in [0.4, 0.5) is 11.4 Å². The topological polar surface area (TPSA) is 149 Å². The molecule has 142 valence electrons. The van der Waals surface area contributed by atoms with Crippen molar-refractivity contribution in [2.24, 2.45) is 10.2 Å². The summed E-state index contributed by atoms with van der Waals surface area (Å²) >= 11 is 0. The average Bonchev–Trinajstić information content (AvgIpc) is 2.57. The molecule has 0 aliphatic heterocycles. The average molecular weight is 391 g/mol. The molecule has 0 fully saturated rings. The van der Waals surface area contributed by atoms with Crippen molar-refractivity contribution in [1.82, 2.24) is 0 Å². The Kier molecular flexibility index (Phi) is 5.93. The van der Waals surface area contributed by atoms with Gasteiger partial charge in [0, 0.05) is 5.69 Å². The highest BCUT2D eigenvalue weighted by Gasteiger charge is 2.20. The maximum absolute atomic E-state index is 12.3. The number of allylic oxidation sites excluding steroid dienone is 1. The molecule has 0 unspecified atom stereocenters. The number of rotatable bonds is 5. The van der Waals surface area contributed by atoms with Gasteiger partial charge in [-0.15, -0.1) is 10.2 Å². The zero-order chi connectivity index (χ0) is 20.2. The van der Waals surface area contributed by atoms with Crippen LogP contribution in [0.25, 0.3) is 0 Å². The Morgan fingerprint density at radius 2 is 1.78 bits per heavy atom. The van der Waals surface area contributed by atoms with Gasteiger partial charge < -0.3 is 15.5 Å². The van der Waals surface area contributed by atoms with E-state index in [4.69, 9.17) is 4.55 Å². The summed E-state index contributed by atoms with van der Waals surface area (Å²) in [6.07, 6.45) is 0. The van der Waals surface area contributed by atoms with Crippen LogP contribution in [0.2, 0.25) is 0 Å². The van der Waals surface area contributed by atoms with E-state index in [0.29, 0.717) is 11.3 Å². The number of para-hydroxylation sites is 1. The lowest BCUT2D eigenvalue weighted by atomic mass is 10.2. The van der Waals surface area contributed by atoms with Crippen LogP contribution in [-0.4, -0.2) is 29.1 Å². The SMILES string of the molecule is C/C(O)=C(/N=N/c1cc(C)cc(S(=O)(=O)O)c1O)C(=O)Nc1ccccc1. The normalized spacial score (nSPS) is 12.7. The van der Waals surface area contributed by atoms with Crippen molar-refractivity contribution in [3.8, 4) is 5.75 Å². The number of aliphatic hydroxyl groups is 1. The van der Waals surface area contributed by atoms with Gasteiger partial charge in [0.15, 0.2) is 11.4 Å². The summed E-state index contributed by atoms with van der Waals surface area (Å²) in [5.41, 5.74) is 0.0972. The van der Waals surface area contributed by atoms with Crippen molar-refractivity contribution in [1.29, 1.82) is 0 Å². The largest absolute Gasteiger partial charge is 0.510 e. The zero-order valence-electron chi connectivity index (χ0n) is 14.4. The van der Waals surface area contributed by atoms with E-state index in [1.165, 1.54) is 19.9 Å². The van der Waals surface area contributed by atoms with Crippen LogP contribution in [-0.2, 0) is 14.9 Å². The molecule has 1 amide bonds. The molecule has 0 heterocycles. The molecule has 0 spiro atoms. The number of azo groups is 1. The number of carbonyl (C=O) groups is 1. The van der Waals surface area contributed by atoms with Gasteiger partial charge in [-0.3, -0.25) is 9.35 Å². The van der Waals surface area contributed by atoms with Gasteiger partial charge in [0.25, 0.3) is 16.0 Å². The summed E-state index contributed by atoms with van der Waals surface area (Å²) < 4.78 is 31.8. The molecule has 4 N–H and O–H groups in total. The van der Waals surface area contributed by atoms with Crippen LogP contribution in [0.1, 0.15) is 12.5 Å². The Hall–Kier alpha value is -3.24. The molecule has 0 aromatic heterocycles. The maximum Gasteiger partial charge on any atom is 0.298 e.